The van der Waals surface area contributed by atoms with Gasteiger partial charge in [-0.1, -0.05) is 57.2 Å². The van der Waals surface area contributed by atoms with Gasteiger partial charge in [0.15, 0.2) is 0 Å². The van der Waals surface area contributed by atoms with Gasteiger partial charge < -0.3 is 4.43 Å². The normalized spacial score (nSPS) is 15.2. The van der Waals surface area contributed by atoms with Crippen molar-refractivity contribution in [2.45, 2.75) is 70.5 Å². The zero-order valence-electron chi connectivity index (χ0n) is 16.4. The Labute approximate surface area is 154 Å². The van der Waals surface area contributed by atoms with Crippen molar-refractivity contribution in [2.24, 2.45) is 0 Å². The highest BCUT2D eigenvalue weighted by atomic mass is 28.4. The molecular formula is C23H32OSi. The molecule has 0 amide bonds. The zero-order chi connectivity index (χ0) is 18.1. The summed E-state index contributed by atoms with van der Waals surface area (Å²) in [5.74, 6) is 1.84. The molecule has 0 N–H and O–H groups in total. The minimum absolute atomic E-state index is 0.235. The summed E-state index contributed by atoms with van der Waals surface area (Å²) in [5.41, 5.74) is 4.46. The largest absolute Gasteiger partial charge is 0.543 e. The van der Waals surface area contributed by atoms with E-state index in [9.17, 15) is 0 Å². The highest BCUT2D eigenvalue weighted by molar-refractivity contribution is 6.74. The molecule has 0 aliphatic heterocycles. The van der Waals surface area contributed by atoms with E-state index in [1.54, 1.807) is 0 Å². The molecule has 0 spiro atoms. The van der Waals surface area contributed by atoms with Crippen LogP contribution in [0.1, 0.15) is 56.2 Å². The number of benzene rings is 2. The molecule has 3 rings (SSSR count). The molecule has 1 aliphatic carbocycles. The van der Waals surface area contributed by atoms with Crippen molar-refractivity contribution in [2.75, 3.05) is 0 Å². The van der Waals surface area contributed by atoms with Gasteiger partial charge in [0, 0.05) is 0 Å². The van der Waals surface area contributed by atoms with Gasteiger partial charge in [-0.05, 0) is 78.6 Å². The van der Waals surface area contributed by atoms with Crippen molar-refractivity contribution in [3.05, 3.63) is 65.2 Å². The van der Waals surface area contributed by atoms with E-state index in [-0.39, 0.29) is 5.04 Å². The molecule has 0 atom stereocenters. The summed E-state index contributed by atoms with van der Waals surface area (Å²) in [4.78, 5) is 0. The van der Waals surface area contributed by atoms with Crippen LogP contribution >= 0.6 is 0 Å². The molecule has 0 unspecified atom stereocenters. The zero-order valence-corrected chi connectivity index (χ0v) is 17.4. The molecular weight excluding hydrogens is 320 g/mol. The number of hydrogen-bond donors (Lipinski definition) is 0. The fourth-order valence-corrected chi connectivity index (χ4v) is 4.03. The summed E-state index contributed by atoms with van der Waals surface area (Å²) >= 11 is 0. The first-order valence-corrected chi connectivity index (χ1v) is 12.5. The average Bonchev–Trinajstić information content (AvgIpc) is 3.38. The maximum Gasteiger partial charge on any atom is 0.250 e. The lowest BCUT2D eigenvalue weighted by atomic mass is 9.97. The van der Waals surface area contributed by atoms with Crippen molar-refractivity contribution >= 4 is 8.32 Å². The Morgan fingerprint density at radius 1 is 0.960 bits per heavy atom. The van der Waals surface area contributed by atoms with E-state index in [1.165, 1.54) is 29.5 Å². The van der Waals surface area contributed by atoms with E-state index < -0.39 is 8.32 Å². The SMILES string of the molecule is CC(C)(C)[Si](C)(C)Oc1ccc(CCc2ccccc2)c(C2CC2)c1. The molecule has 25 heavy (non-hydrogen) atoms. The van der Waals surface area contributed by atoms with Crippen molar-refractivity contribution < 1.29 is 4.43 Å². The van der Waals surface area contributed by atoms with Gasteiger partial charge in [0.1, 0.15) is 5.75 Å². The molecule has 134 valence electrons. The average molecular weight is 353 g/mol. The number of aryl methyl sites for hydroxylation is 2. The van der Waals surface area contributed by atoms with Crippen LogP contribution in [0.4, 0.5) is 0 Å². The third-order valence-electron chi connectivity index (χ3n) is 5.84. The van der Waals surface area contributed by atoms with Crippen LogP contribution in [0.2, 0.25) is 18.1 Å². The molecule has 1 saturated carbocycles. The van der Waals surface area contributed by atoms with Gasteiger partial charge in [0.25, 0.3) is 0 Å². The van der Waals surface area contributed by atoms with Crippen LogP contribution in [0.5, 0.6) is 5.75 Å². The van der Waals surface area contributed by atoms with E-state index in [1.807, 2.05) is 0 Å². The summed E-state index contributed by atoms with van der Waals surface area (Å²) in [5, 5.41) is 0.235. The van der Waals surface area contributed by atoms with Crippen molar-refractivity contribution in [3.63, 3.8) is 0 Å². The summed E-state index contributed by atoms with van der Waals surface area (Å²) in [6, 6.07) is 17.7. The Morgan fingerprint density at radius 2 is 1.64 bits per heavy atom. The first-order valence-electron chi connectivity index (χ1n) is 9.62. The second kappa shape index (κ2) is 6.99. The molecule has 0 bridgehead atoms. The Bertz CT molecular complexity index is 709. The lowest BCUT2D eigenvalue weighted by molar-refractivity contribution is 0.491. The van der Waals surface area contributed by atoms with Crippen LogP contribution in [-0.2, 0) is 12.8 Å². The highest BCUT2D eigenvalue weighted by Gasteiger charge is 2.39. The second-order valence-electron chi connectivity index (χ2n) is 8.98. The topological polar surface area (TPSA) is 9.23 Å². The van der Waals surface area contributed by atoms with Crippen LogP contribution in [-0.4, -0.2) is 8.32 Å². The minimum atomic E-state index is -1.77. The molecule has 2 heteroatoms. The van der Waals surface area contributed by atoms with E-state index in [2.05, 4.69) is 82.4 Å². The van der Waals surface area contributed by atoms with Gasteiger partial charge in [-0.15, -0.1) is 0 Å². The molecule has 0 radical (unpaired) electrons. The van der Waals surface area contributed by atoms with Gasteiger partial charge >= 0.3 is 0 Å². The Hall–Kier alpha value is -1.54. The monoisotopic (exact) mass is 352 g/mol. The van der Waals surface area contributed by atoms with Crippen LogP contribution in [0.3, 0.4) is 0 Å². The van der Waals surface area contributed by atoms with Gasteiger partial charge in [0.05, 0.1) is 0 Å². The lowest BCUT2D eigenvalue weighted by Gasteiger charge is -2.36. The summed E-state index contributed by atoms with van der Waals surface area (Å²) in [7, 11) is -1.77. The standard InChI is InChI=1S/C23H32OSi/c1-23(2,3)25(4,5)24-21-16-15-19(22(17-21)20-13-14-20)12-11-18-9-7-6-8-10-18/h6-10,15-17,20H,11-14H2,1-5H3. The summed E-state index contributed by atoms with van der Waals surface area (Å²) in [6.45, 7) is 11.6. The van der Waals surface area contributed by atoms with Crippen LogP contribution in [0, 0.1) is 0 Å². The smallest absolute Gasteiger partial charge is 0.250 e. The maximum atomic E-state index is 6.54. The fraction of sp³-hybridized carbons (Fsp3) is 0.478. The molecule has 1 fully saturated rings. The molecule has 0 aromatic heterocycles. The third-order valence-corrected chi connectivity index (χ3v) is 10.2. The predicted octanol–water partition coefficient (Wildman–Crippen LogP) is 6.73. The molecule has 1 aliphatic rings. The Balaban J connectivity index is 1.77. The third kappa shape index (κ3) is 4.55. The van der Waals surface area contributed by atoms with E-state index >= 15 is 0 Å². The van der Waals surface area contributed by atoms with Crippen LogP contribution in [0.15, 0.2) is 48.5 Å². The molecule has 2 aromatic rings. The van der Waals surface area contributed by atoms with Gasteiger partial charge in [0.2, 0.25) is 8.32 Å². The first-order chi connectivity index (χ1) is 11.8. The first kappa shape index (κ1) is 18.3. The van der Waals surface area contributed by atoms with Gasteiger partial charge in [-0.25, -0.2) is 0 Å². The molecule has 2 aromatic carbocycles. The quantitative estimate of drug-likeness (QED) is 0.523. The Morgan fingerprint density at radius 3 is 2.24 bits per heavy atom. The van der Waals surface area contributed by atoms with E-state index in [0.29, 0.717) is 0 Å². The van der Waals surface area contributed by atoms with Crippen molar-refractivity contribution in [1.29, 1.82) is 0 Å². The van der Waals surface area contributed by atoms with Crippen LogP contribution in [0.25, 0.3) is 0 Å². The number of hydrogen-bond acceptors (Lipinski definition) is 1. The number of rotatable bonds is 6. The highest BCUT2D eigenvalue weighted by Crippen LogP contribution is 2.44. The summed E-state index contributed by atoms with van der Waals surface area (Å²) in [6.07, 6.45) is 4.91. The molecule has 0 saturated heterocycles. The van der Waals surface area contributed by atoms with Crippen LogP contribution < -0.4 is 4.43 Å². The fourth-order valence-electron chi connectivity index (χ4n) is 3.01. The van der Waals surface area contributed by atoms with Crippen molar-refractivity contribution in [1.82, 2.24) is 0 Å². The second-order valence-corrected chi connectivity index (χ2v) is 13.7. The van der Waals surface area contributed by atoms with Gasteiger partial charge in [-0.3, -0.25) is 0 Å². The summed E-state index contributed by atoms with van der Waals surface area (Å²) < 4.78 is 6.54. The lowest BCUT2D eigenvalue weighted by Crippen LogP contribution is -2.43. The maximum absolute atomic E-state index is 6.54. The molecule has 1 nitrogen and oxygen atoms in total. The molecule has 0 heterocycles. The predicted molar refractivity (Wildman–Crippen MR) is 110 cm³/mol. The van der Waals surface area contributed by atoms with E-state index in [4.69, 9.17) is 4.43 Å². The Kier molecular flexibility index (Phi) is 5.10. The van der Waals surface area contributed by atoms with E-state index in [0.717, 1.165) is 24.5 Å². The van der Waals surface area contributed by atoms with Crippen molar-refractivity contribution in [3.8, 4) is 5.75 Å². The van der Waals surface area contributed by atoms with Gasteiger partial charge in [-0.2, -0.15) is 0 Å². The minimum Gasteiger partial charge on any atom is -0.543 e.